The van der Waals surface area contributed by atoms with Gasteiger partial charge in [0.1, 0.15) is 11.3 Å². The van der Waals surface area contributed by atoms with Gasteiger partial charge in [-0.1, -0.05) is 24.3 Å². The third kappa shape index (κ3) is 2.81. The normalized spacial score (nSPS) is 10.8. The van der Waals surface area contributed by atoms with Gasteiger partial charge in [0.25, 0.3) is 0 Å². The second-order valence-corrected chi connectivity index (χ2v) is 5.02. The maximum absolute atomic E-state index is 13.6. The van der Waals surface area contributed by atoms with Crippen LogP contribution in [0.5, 0.6) is 0 Å². The van der Waals surface area contributed by atoms with Crippen LogP contribution in [-0.4, -0.2) is 15.2 Å². The number of aromatic nitrogens is 3. The Hall–Kier alpha value is -2.56. The number of fused-ring (bicyclic) bond motifs is 1. The van der Waals surface area contributed by atoms with Crippen LogP contribution in [0.3, 0.4) is 0 Å². The molecule has 0 bridgehead atoms. The molecular formula is C16H15FN4. The molecule has 0 aliphatic rings. The highest BCUT2D eigenvalue weighted by atomic mass is 19.1. The maximum atomic E-state index is 13.6. The predicted molar refractivity (Wildman–Crippen MR) is 80.5 cm³/mol. The molecular weight excluding hydrogens is 267 g/mol. The fourth-order valence-electron chi connectivity index (χ4n) is 2.27. The summed E-state index contributed by atoms with van der Waals surface area (Å²) in [7, 11) is 0. The number of benzene rings is 2. The number of para-hydroxylation sites is 1. The van der Waals surface area contributed by atoms with Gasteiger partial charge >= 0.3 is 0 Å². The molecule has 2 aromatic carbocycles. The molecule has 0 aliphatic carbocycles. The molecule has 5 heteroatoms. The number of hydrogen-bond donors (Lipinski definition) is 1. The van der Waals surface area contributed by atoms with Crippen LogP contribution in [0.2, 0.25) is 0 Å². The van der Waals surface area contributed by atoms with Crippen molar-refractivity contribution in [2.24, 2.45) is 0 Å². The first kappa shape index (κ1) is 13.4. The zero-order valence-corrected chi connectivity index (χ0v) is 11.9. The number of nitrogens with one attached hydrogen (secondary N) is 1. The standard InChI is InChI=1S/C16H15FN4/c1-10-7-12(8-11(2)15(10)17)9-18-16-19-13-5-3-4-6-14(13)20-21-16/h3-8H,9H2,1-2H3,(H,18,19,21). The van der Waals surface area contributed by atoms with Crippen molar-refractivity contribution >= 4 is 17.0 Å². The molecule has 3 rings (SSSR count). The van der Waals surface area contributed by atoms with Gasteiger partial charge in [-0.25, -0.2) is 9.37 Å². The van der Waals surface area contributed by atoms with Crippen LogP contribution in [0.4, 0.5) is 10.3 Å². The van der Waals surface area contributed by atoms with Gasteiger partial charge in [-0.15, -0.1) is 10.2 Å². The number of halogens is 1. The molecule has 0 aliphatic heterocycles. The van der Waals surface area contributed by atoms with Crippen LogP contribution in [0.15, 0.2) is 36.4 Å². The molecule has 4 nitrogen and oxygen atoms in total. The first-order valence-electron chi connectivity index (χ1n) is 6.72. The number of hydrogen-bond acceptors (Lipinski definition) is 4. The zero-order valence-electron chi connectivity index (χ0n) is 11.9. The molecule has 1 aromatic heterocycles. The lowest BCUT2D eigenvalue weighted by Gasteiger charge is -2.08. The van der Waals surface area contributed by atoms with Gasteiger partial charge in [-0.3, -0.25) is 0 Å². The van der Waals surface area contributed by atoms with E-state index in [2.05, 4.69) is 20.5 Å². The Kier molecular flexibility index (Phi) is 3.48. The van der Waals surface area contributed by atoms with Crippen LogP contribution < -0.4 is 5.32 Å². The van der Waals surface area contributed by atoms with Crippen molar-refractivity contribution in [2.75, 3.05) is 5.32 Å². The monoisotopic (exact) mass is 282 g/mol. The van der Waals surface area contributed by atoms with Crippen molar-refractivity contribution < 1.29 is 4.39 Å². The Balaban J connectivity index is 1.80. The van der Waals surface area contributed by atoms with Gasteiger partial charge in [0, 0.05) is 6.54 Å². The van der Waals surface area contributed by atoms with Crippen molar-refractivity contribution in [3.8, 4) is 0 Å². The summed E-state index contributed by atoms with van der Waals surface area (Å²) in [5.41, 5.74) is 3.83. The lowest BCUT2D eigenvalue weighted by molar-refractivity contribution is 0.608. The van der Waals surface area contributed by atoms with E-state index in [0.29, 0.717) is 23.6 Å². The van der Waals surface area contributed by atoms with Gasteiger partial charge < -0.3 is 5.32 Å². The predicted octanol–water partition coefficient (Wildman–Crippen LogP) is 3.39. The molecule has 0 atom stereocenters. The lowest BCUT2D eigenvalue weighted by atomic mass is 10.1. The fraction of sp³-hybridized carbons (Fsp3) is 0.188. The highest BCUT2D eigenvalue weighted by molar-refractivity contribution is 5.74. The molecule has 0 amide bonds. The molecule has 0 saturated carbocycles. The minimum atomic E-state index is -0.151. The zero-order chi connectivity index (χ0) is 14.8. The molecule has 106 valence electrons. The Morgan fingerprint density at radius 3 is 2.38 bits per heavy atom. The van der Waals surface area contributed by atoms with Crippen molar-refractivity contribution in [1.82, 2.24) is 15.2 Å². The molecule has 1 N–H and O–H groups in total. The highest BCUT2D eigenvalue weighted by Gasteiger charge is 2.05. The fourth-order valence-corrected chi connectivity index (χ4v) is 2.27. The summed E-state index contributed by atoms with van der Waals surface area (Å²) in [6.07, 6.45) is 0. The highest BCUT2D eigenvalue weighted by Crippen LogP contribution is 2.16. The molecule has 1 heterocycles. The Bertz CT molecular complexity index is 778. The van der Waals surface area contributed by atoms with Crippen LogP contribution in [0.1, 0.15) is 16.7 Å². The summed E-state index contributed by atoms with van der Waals surface area (Å²) in [6.45, 7) is 4.06. The van der Waals surface area contributed by atoms with E-state index in [4.69, 9.17) is 0 Å². The first-order chi connectivity index (χ1) is 10.1. The van der Waals surface area contributed by atoms with E-state index in [-0.39, 0.29) is 5.82 Å². The molecule has 3 aromatic rings. The summed E-state index contributed by atoms with van der Waals surface area (Å²) in [6, 6.07) is 11.2. The van der Waals surface area contributed by atoms with E-state index >= 15 is 0 Å². The minimum Gasteiger partial charge on any atom is -0.349 e. The lowest BCUT2D eigenvalue weighted by Crippen LogP contribution is -2.06. The third-order valence-corrected chi connectivity index (χ3v) is 3.31. The van der Waals surface area contributed by atoms with E-state index in [1.807, 2.05) is 36.4 Å². The van der Waals surface area contributed by atoms with Gasteiger partial charge in [-0.2, -0.15) is 0 Å². The molecule has 0 radical (unpaired) electrons. The van der Waals surface area contributed by atoms with Gasteiger partial charge in [0.2, 0.25) is 5.95 Å². The van der Waals surface area contributed by atoms with Crippen molar-refractivity contribution in [3.63, 3.8) is 0 Å². The SMILES string of the molecule is Cc1cc(CNc2nnc3ccccc3n2)cc(C)c1F. The molecule has 0 saturated heterocycles. The minimum absolute atomic E-state index is 0.151. The van der Waals surface area contributed by atoms with Gasteiger partial charge in [-0.05, 0) is 42.7 Å². The number of rotatable bonds is 3. The van der Waals surface area contributed by atoms with E-state index in [1.54, 1.807) is 13.8 Å². The Morgan fingerprint density at radius 1 is 1.00 bits per heavy atom. The Morgan fingerprint density at radius 2 is 1.67 bits per heavy atom. The molecule has 21 heavy (non-hydrogen) atoms. The number of nitrogens with zero attached hydrogens (tertiary/aromatic N) is 3. The third-order valence-electron chi connectivity index (χ3n) is 3.31. The maximum Gasteiger partial charge on any atom is 0.243 e. The average Bonchev–Trinajstić information content (AvgIpc) is 2.50. The Labute approximate surface area is 122 Å². The van der Waals surface area contributed by atoms with Crippen LogP contribution in [-0.2, 0) is 6.54 Å². The largest absolute Gasteiger partial charge is 0.349 e. The van der Waals surface area contributed by atoms with Crippen molar-refractivity contribution in [2.45, 2.75) is 20.4 Å². The van der Waals surface area contributed by atoms with Crippen molar-refractivity contribution in [3.05, 3.63) is 58.9 Å². The first-order valence-corrected chi connectivity index (χ1v) is 6.72. The average molecular weight is 282 g/mol. The van der Waals surface area contributed by atoms with Crippen LogP contribution in [0, 0.1) is 19.7 Å². The van der Waals surface area contributed by atoms with Crippen LogP contribution in [0.25, 0.3) is 11.0 Å². The second kappa shape index (κ2) is 5.44. The topological polar surface area (TPSA) is 50.7 Å². The summed E-state index contributed by atoms with van der Waals surface area (Å²) in [4.78, 5) is 4.39. The molecule has 0 spiro atoms. The number of aryl methyl sites for hydroxylation is 2. The summed E-state index contributed by atoms with van der Waals surface area (Å²) in [5, 5.41) is 11.3. The molecule has 0 fully saturated rings. The van der Waals surface area contributed by atoms with E-state index in [0.717, 1.165) is 16.6 Å². The van der Waals surface area contributed by atoms with Crippen molar-refractivity contribution in [1.29, 1.82) is 0 Å². The van der Waals surface area contributed by atoms with Crippen LogP contribution >= 0.6 is 0 Å². The van der Waals surface area contributed by atoms with Gasteiger partial charge in [0.15, 0.2) is 0 Å². The summed E-state index contributed by atoms with van der Waals surface area (Å²) < 4.78 is 13.6. The summed E-state index contributed by atoms with van der Waals surface area (Å²) in [5.74, 6) is 0.315. The molecule has 0 unspecified atom stereocenters. The quantitative estimate of drug-likeness (QED) is 0.800. The summed E-state index contributed by atoms with van der Waals surface area (Å²) >= 11 is 0. The van der Waals surface area contributed by atoms with E-state index < -0.39 is 0 Å². The second-order valence-electron chi connectivity index (χ2n) is 5.02. The van der Waals surface area contributed by atoms with E-state index in [9.17, 15) is 4.39 Å². The smallest absolute Gasteiger partial charge is 0.243 e. The van der Waals surface area contributed by atoms with E-state index in [1.165, 1.54) is 0 Å². The van der Waals surface area contributed by atoms with Gasteiger partial charge in [0.05, 0.1) is 5.52 Å². The number of anilines is 1.